The van der Waals surface area contributed by atoms with E-state index in [1.54, 1.807) is 18.0 Å². The zero-order valence-corrected chi connectivity index (χ0v) is 11.8. The van der Waals surface area contributed by atoms with Crippen molar-refractivity contribution in [2.24, 2.45) is 5.41 Å². The zero-order valence-electron chi connectivity index (χ0n) is 11.8. The Kier molecular flexibility index (Phi) is 3.55. The van der Waals surface area contributed by atoms with E-state index in [1.165, 1.54) is 0 Å². The SMILES string of the molecule is CN(C(=O)NCC(C)(C)C)c1ccc2c(c1)OCO2. The number of fused-ring (bicyclic) bond motifs is 1. The van der Waals surface area contributed by atoms with E-state index < -0.39 is 0 Å². The van der Waals surface area contributed by atoms with Crippen LogP contribution in [0.5, 0.6) is 11.5 Å². The molecule has 0 saturated heterocycles. The summed E-state index contributed by atoms with van der Waals surface area (Å²) in [4.78, 5) is 13.6. The minimum absolute atomic E-state index is 0.0609. The molecule has 1 N–H and O–H groups in total. The molecular formula is C14H20N2O3. The number of hydrogen-bond donors (Lipinski definition) is 1. The molecule has 1 heterocycles. The number of ether oxygens (including phenoxy) is 2. The van der Waals surface area contributed by atoms with Crippen LogP contribution in [0.25, 0.3) is 0 Å². The van der Waals surface area contributed by atoms with Gasteiger partial charge in [-0.15, -0.1) is 0 Å². The summed E-state index contributed by atoms with van der Waals surface area (Å²) in [5, 5.41) is 2.90. The second kappa shape index (κ2) is 4.99. The van der Waals surface area contributed by atoms with Gasteiger partial charge in [0, 0.05) is 25.3 Å². The normalized spacial score (nSPS) is 13.3. The molecule has 2 amide bonds. The third kappa shape index (κ3) is 3.30. The number of nitrogens with zero attached hydrogens (tertiary/aromatic N) is 1. The maximum Gasteiger partial charge on any atom is 0.321 e. The molecule has 0 atom stereocenters. The quantitative estimate of drug-likeness (QED) is 0.893. The monoisotopic (exact) mass is 264 g/mol. The Hall–Kier alpha value is -1.91. The van der Waals surface area contributed by atoms with Crippen molar-refractivity contribution in [1.82, 2.24) is 5.32 Å². The fourth-order valence-electron chi connectivity index (χ4n) is 1.67. The molecule has 19 heavy (non-hydrogen) atoms. The second-order valence-corrected chi connectivity index (χ2v) is 5.82. The van der Waals surface area contributed by atoms with E-state index in [4.69, 9.17) is 9.47 Å². The Balaban J connectivity index is 2.03. The minimum atomic E-state index is -0.131. The highest BCUT2D eigenvalue weighted by molar-refractivity contribution is 5.91. The van der Waals surface area contributed by atoms with Crippen molar-refractivity contribution in [3.63, 3.8) is 0 Å². The van der Waals surface area contributed by atoms with Crippen LogP contribution in [0.2, 0.25) is 0 Å². The number of anilines is 1. The fraction of sp³-hybridized carbons (Fsp3) is 0.500. The van der Waals surface area contributed by atoms with Crippen molar-refractivity contribution in [3.05, 3.63) is 18.2 Å². The number of nitrogens with one attached hydrogen (secondary N) is 1. The van der Waals surface area contributed by atoms with Crippen LogP contribution >= 0.6 is 0 Å². The number of carbonyl (C=O) groups excluding carboxylic acids is 1. The topological polar surface area (TPSA) is 50.8 Å². The van der Waals surface area contributed by atoms with Crippen LogP contribution in [0.15, 0.2) is 18.2 Å². The van der Waals surface area contributed by atoms with Gasteiger partial charge in [0.15, 0.2) is 11.5 Å². The van der Waals surface area contributed by atoms with Crippen LogP contribution in [-0.2, 0) is 0 Å². The average Bonchev–Trinajstić information content (AvgIpc) is 2.81. The minimum Gasteiger partial charge on any atom is -0.454 e. The molecule has 0 saturated carbocycles. The lowest BCUT2D eigenvalue weighted by Crippen LogP contribution is -2.41. The molecule has 5 heteroatoms. The third-order valence-electron chi connectivity index (χ3n) is 2.82. The van der Waals surface area contributed by atoms with Gasteiger partial charge in [0.1, 0.15) is 0 Å². The molecule has 0 aromatic heterocycles. The fourth-order valence-corrected chi connectivity index (χ4v) is 1.67. The molecule has 5 nitrogen and oxygen atoms in total. The summed E-state index contributed by atoms with van der Waals surface area (Å²) < 4.78 is 10.5. The first-order valence-electron chi connectivity index (χ1n) is 6.28. The molecule has 2 rings (SSSR count). The van der Waals surface area contributed by atoms with Crippen molar-refractivity contribution in [2.75, 3.05) is 25.3 Å². The number of rotatable bonds is 2. The summed E-state index contributed by atoms with van der Waals surface area (Å²) in [6.45, 7) is 7.09. The van der Waals surface area contributed by atoms with Gasteiger partial charge in [-0.05, 0) is 17.5 Å². The van der Waals surface area contributed by atoms with Crippen molar-refractivity contribution in [1.29, 1.82) is 0 Å². The molecule has 0 spiro atoms. The lowest BCUT2D eigenvalue weighted by Gasteiger charge is -2.23. The Morgan fingerprint density at radius 3 is 2.68 bits per heavy atom. The van der Waals surface area contributed by atoms with Crippen molar-refractivity contribution < 1.29 is 14.3 Å². The lowest BCUT2D eigenvalue weighted by molar-refractivity contribution is 0.174. The number of benzene rings is 1. The van der Waals surface area contributed by atoms with Gasteiger partial charge in [-0.2, -0.15) is 0 Å². The van der Waals surface area contributed by atoms with E-state index in [2.05, 4.69) is 26.1 Å². The largest absolute Gasteiger partial charge is 0.454 e. The van der Waals surface area contributed by atoms with Crippen LogP contribution in [0, 0.1) is 5.41 Å². The highest BCUT2D eigenvalue weighted by Gasteiger charge is 2.18. The summed E-state index contributed by atoms with van der Waals surface area (Å²) in [6.07, 6.45) is 0. The molecule has 1 aromatic carbocycles. The van der Waals surface area contributed by atoms with Gasteiger partial charge < -0.3 is 14.8 Å². The Labute approximate surface area is 113 Å². The predicted octanol–water partition coefficient (Wildman–Crippen LogP) is 2.61. The van der Waals surface area contributed by atoms with Crippen LogP contribution in [0.4, 0.5) is 10.5 Å². The summed E-state index contributed by atoms with van der Waals surface area (Å²) in [6, 6.07) is 5.32. The molecule has 0 bridgehead atoms. The molecule has 104 valence electrons. The molecule has 0 radical (unpaired) electrons. The van der Waals surface area contributed by atoms with E-state index >= 15 is 0 Å². The van der Waals surface area contributed by atoms with Gasteiger partial charge in [0.2, 0.25) is 6.79 Å². The molecule has 1 aliphatic heterocycles. The smallest absolute Gasteiger partial charge is 0.321 e. The standard InChI is InChI=1S/C14H20N2O3/c1-14(2,3)8-15-13(17)16(4)10-5-6-11-12(7-10)19-9-18-11/h5-7H,8-9H2,1-4H3,(H,15,17). The van der Waals surface area contributed by atoms with E-state index in [0.29, 0.717) is 18.0 Å². The van der Waals surface area contributed by atoms with E-state index in [1.807, 2.05) is 12.1 Å². The van der Waals surface area contributed by atoms with Crippen molar-refractivity contribution >= 4 is 11.7 Å². The summed E-state index contributed by atoms with van der Waals surface area (Å²) in [5.41, 5.74) is 0.835. The van der Waals surface area contributed by atoms with Gasteiger partial charge in [-0.25, -0.2) is 4.79 Å². The maximum absolute atomic E-state index is 12.0. The third-order valence-corrected chi connectivity index (χ3v) is 2.82. The number of amides is 2. The average molecular weight is 264 g/mol. The van der Waals surface area contributed by atoms with Gasteiger partial charge in [-0.3, -0.25) is 4.90 Å². The molecule has 0 fully saturated rings. The second-order valence-electron chi connectivity index (χ2n) is 5.82. The van der Waals surface area contributed by atoms with Crippen molar-refractivity contribution in [2.45, 2.75) is 20.8 Å². The molecule has 1 aliphatic rings. The Bertz CT molecular complexity index is 480. The Morgan fingerprint density at radius 1 is 1.32 bits per heavy atom. The number of urea groups is 1. The lowest BCUT2D eigenvalue weighted by atomic mass is 9.97. The van der Waals surface area contributed by atoms with Crippen LogP contribution in [-0.4, -0.2) is 26.4 Å². The van der Waals surface area contributed by atoms with E-state index in [9.17, 15) is 4.79 Å². The van der Waals surface area contributed by atoms with Crippen LogP contribution in [0.1, 0.15) is 20.8 Å². The number of hydrogen-bond acceptors (Lipinski definition) is 3. The van der Waals surface area contributed by atoms with Gasteiger partial charge in [-0.1, -0.05) is 20.8 Å². The molecule has 1 aromatic rings. The number of carbonyl (C=O) groups is 1. The first-order chi connectivity index (χ1) is 8.87. The zero-order chi connectivity index (χ0) is 14.0. The first-order valence-corrected chi connectivity index (χ1v) is 6.28. The highest BCUT2D eigenvalue weighted by Crippen LogP contribution is 2.35. The van der Waals surface area contributed by atoms with Crippen LogP contribution < -0.4 is 19.7 Å². The van der Waals surface area contributed by atoms with Gasteiger partial charge in [0.05, 0.1) is 0 Å². The van der Waals surface area contributed by atoms with Gasteiger partial charge >= 0.3 is 6.03 Å². The summed E-state index contributed by atoms with van der Waals surface area (Å²) in [5.74, 6) is 1.39. The first kappa shape index (κ1) is 13.5. The summed E-state index contributed by atoms with van der Waals surface area (Å²) in [7, 11) is 1.73. The highest BCUT2D eigenvalue weighted by atomic mass is 16.7. The maximum atomic E-state index is 12.0. The van der Waals surface area contributed by atoms with E-state index in [-0.39, 0.29) is 18.2 Å². The van der Waals surface area contributed by atoms with Crippen molar-refractivity contribution in [3.8, 4) is 11.5 Å². The molecule has 0 unspecified atom stereocenters. The Morgan fingerprint density at radius 2 is 2.00 bits per heavy atom. The molecule has 0 aliphatic carbocycles. The molecular weight excluding hydrogens is 244 g/mol. The predicted molar refractivity (Wildman–Crippen MR) is 73.8 cm³/mol. The summed E-state index contributed by atoms with van der Waals surface area (Å²) >= 11 is 0. The van der Waals surface area contributed by atoms with Crippen LogP contribution in [0.3, 0.4) is 0 Å². The van der Waals surface area contributed by atoms with E-state index in [0.717, 1.165) is 5.69 Å². The van der Waals surface area contributed by atoms with Gasteiger partial charge in [0.25, 0.3) is 0 Å².